The van der Waals surface area contributed by atoms with Crippen LogP contribution in [0.1, 0.15) is 36.5 Å². The maximum atomic E-state index is 13.2. The van der Waals surface area contributed by atoms with Gasteiger partial charge in [0.05, 0.1) is 25.4 Å². The van der Waals surface area contributed by atoms with E-state index in [4.69, 9.17) is 14.2 Å². The second-order valence-electron chi connectivity index (χ2n) is 8.64. The van der Waals surface area contributed by atoms with Crippen LogP contribution < -0.4 is 0 Å². The number of carbonyl (C=O) groups excluding carboxylic acids is 2. The fraction of sp³-hybridized carbons (Fsp3) is 0.333. The lowest BCUT2D eigenvalue weighted by molar-refractivity contribution is -0.139. The van der Waals surface area contributed by atoms with Crippen molar-refractivity contribution in [3.05, 3.63) is 93.6 Å². The summed E-state index contributed by atoms with van der Waals surface area (Å²) in [4.78, 5) is 26.2. The first-order valence-corrected chi connectivity index (χ1v) is 10.9. The zero-order valence-corrected chi connectivity index (χ0v) is 18.6. The zero-order valence-electron chi connectivity index (χ0n) is 18.6. The first-order valence-electron chi connectivity index (χ1n) is 10.9. The molecule has 2 aliphatic heterocycles. The molecule has 0 N–H and O–H groups in total. The topological polar surface area (TPSA) is 61.8 Å². The average molecular weight is 431 g/mol. The minimum Gasteiger partial charge on any atom is -0.466 e. The van der Waals surface area contributed by atoms with Crippen LogP contribution in [-0.4, -0.2) is 31.8 Å². The summed E-state index contributed by atoms with van der Waals surface area (Å²) in [5, 5.41) is 0. The predicted octanol–water partition coefficient (Wildman–Crippen LogP) is 4.20. The number of esters is 2. The molecule has 0 spiro atoms. The van der Waals surface area contributed by atoms with Crippen LogP contribution in [0, 0.1) is 0 Å². The summed E-state index contributed by atoms with van der Waals surface area (Å²) in [7, 11) is 2.67. The van der Waals surface area contributed by atoms with Crippen LogP contribution in [0.3, 0.4) is 0 Å². The Morgan fingerprint density at radius 3 is 1.88 bits per heavy atom. The Morgan fingerprint density at radius 2 is 1.28 bits per heavy atom. The molecule has 2 heterocycles. The van der Waals surface area contributed by atoms with Gasteiger partial charge in [-0.15, -0.1) is 0 Å². The molecular weight excluding hydrogens is 404 g/mol. The summed E-state index contributed by atoms with van der Waals surface area (Å²) in [6.07, 6.45) is 3.16. The molecule has 3 aliphatic rings. The number of rotatable bonds is 3. The molecule has 5 nitrogen and oxygen atoms in total. The van der Waals surface area contributed by atoms with Gasteiger partial charge in [-0.05, 0) is 60.4 Å². The maximum Gasteiger partial charge on any atom is 0.338 e. The van der Waals surface area contributed by atoms with Crippen molar-refractivity contribution >= 4 is 11.9 Å². The number of methoxy groups -OCH3 is 2. The highest BCUT2D eigenvalue weighted by atomic mass is 16.6. The second kappa shape index (κ2) is 7.45. The van der Waals surface area contributed by atoms with Gasteiger partial charge < -0.3 is 14.2 Å². The minimum absolute atomic E-state index is 0.244. The van der Waals surface area contributed by atoms with Gasteiger partial charge in [-0.1, -0.05) is 54.6 Å². The van der Waals surface area contributed by atoms with E-state index in [0.29, 0.717) is 0 Å². The summed E-state index contributed by atoms with van der Waals surface area (Å²) in [6.45, 7) is 1.89. The number of benzene rings is 2. The van der Waals surface area contributed by atoms with E-state index in [0.717, 1.165) is 42.4 Å². The highest BCUT2D eigenvalue weighted by Crippen LogP contribution is 2.64. The molecule has 0 fully saturated rings. The van der Waals surface area contributed by atoms with E-state index < -0.39 is 23.1 Å². The van der Waals surface area contributed by atoms with E-state index in [1.165, 1.54) is 25.3 Å². The molecular formula is C27H26O5. The van der Waals surface area contributed by atoms with Gasteiger partial charge in [-0.2, -0.15) is 0 Å². The predicted molar refractivity (Wildman–Crippen MR) is 119 cm³/mol. The van der Waals surface area contributed by atoms with Crippen molar-refractivity contribution in [3.8, 4) is 0 Å². The fourth-order valence-electron chi connectivity index (χ4n) is 5.83. The number of hydrogen-bond acceptors (Lipinski definition) is 5. The third-order valence-electron chi connectivity index (χ3n) is 7.17. The Labute approximate surface area is 187 Å². The van der Waals surface area contributed by atoms with Crippen molar-refractivity contribution in [1.82, 2.24) is 0 Å². The second-order valence-corrected chi connectivity index (χ2v) is 8.64. The van der Waals surface area contributed by atoms with Gasteiger partial charge >= 0.3 is 11.9 Å². The van der Waals surface area contributed by atoms with Gasteiger partial charge in [0, 0.05) is 0 Å². The van der Waals surface area contributed by atoms with Gasteiger partial charge in [-0.3, -0.25) is 0 Å². The molecule has 32 heavy (non-hydrogen) atoms. The molecule has 164 valence electrons. The monoisotopic (exact) mass is 430 g/mol. The number of carbonyl (C=O) groups is 2. The molecule has 2 atom stereocenters. The highest BCUT2D eigenvalue weighted by Gasteiger charge is 2.67. The molecule has 5 rings (SSSR count). The Kier molecular flexibility index (Phi) is 4.82. The Hall–Kier alpha value is -3.18. The number of fused-ring (bicyclic) bond motifs is 5. The van der Waals surface area contributed by atoms with Crippen LogP contribution in [0.15, 0.2) is 76.9 Å². The van der Waals surface area contributed by atoms with Crippen LogP contribution in [0.2, 0.25) is 0 Å². The lowest BCUT2D eigenvalue weighted by Gasteiger charge is -2.33. The summed E-state index contributed by atoms with van der Waals surface area (Å²) in [5.41, 5.74) is 3.88. The Bertz CT molecular complexity index is 1180. The lowest BCUT2D eigenvalue weighted by Crippen LogP contribution is -2.36. The van der Waals surface area contributed by atoms with Gasteiger partial charge in [-0.25, -0.2) is 9.59 Å². The third kappa shape index (κ3) is 2.67. The van der Waals surface area contributed by atoms with E-state index in [1.54, 1.807) is 0 Å². The largest absolute Gasteiger partial charge is 0.466 e. The molecule has 2 bridgehead atoms. The quantitative estimate of drug-likeness (QED) is 0.539. The van der Waals surface area contributed by atoms with Crippen molar-refractivity contribution in [2.75, 3.05) is 14.2 Å². The smallest absolute Gasteiger partial charge is 0.338 e. The highest BCUT2D eigenvalue weighted by molar-refractivity contribution is 6.07. The van der Waals surface area contributed by atoms with Crippen LogP contribution in [-0.2, 0) is 42.2 Å². The molecule has 0 saturated carbocycles. The number of ether oxygens (including phenoxy) is 3. The number of hydrogen-bond donors (Lipinski definition) is 0. The Morgan fingerprint density at radius 1 is 0.750 bits per heavy atom. The lowest BCUT2D eigenvalue weighted by atomic mass is 9.67. The summed E-state index contributed by atoms with van der Waals surface area (Å²) in [5.74, 6) is -1.12. The molecule has 0 saturated heterocycles. The van der Waals surface area contributed by atoms with Crippen LogP contribution in [0.4, 0.5) is 0 Å². The van der Waals surface area contributed by atoms with E-state index >= 15 is 0 Å². The summed E-state index contributed by atoms with van der Waals surface area (Å²) in [6, 6.07) is 18.1. The third-order valence-corrected chi connectivity index (χ3v) is 7.17. The van der Waals surface area contributed by atoms with Crippen molar-refractivity contribution in [3.63, 3.8) is 0 Å². The molecule has 5 heteroatoms. The van der Waals surface area contributed by atoms with Gasteiger partial charge in [0.15, 0.2) is 0 Å². The van der Waals surface area contributed by atoms with Crippen LogP contribution in [0.5, 0.6) is 0 Å². The van der Waals surface area contributed by atoms with E-state index in [2.05, 4.69) is 24.3 Å². The fourth-order valence-corrected chi connectivity index (χ4v) is 5.83. The van der Waals surface area contributed by atoms with Crippen LogP contribution in [0.25, 0.3) is 0 Å². The molecule has 0 aromatic heterocycles. The summed E-state index contributed by atoms with van der Waals surface area (Å²) < 4.78 is 17.1. The average Bonchev–Trinajstić information content (AvgIpc) is 3.23. The van der Waals surface area contributed by atoms with Crippen molar-refractivity contribution in [1.29, 1.82) is 0 Å². The minimum atomic E-state index is -1.16. The van der Waals surface area contributed by atoms with E-state index in [9.17, 15) is 9.59 Å². The Balaban J connectivity index is 1.78. The van der Waals surface area contributed by atoms with Gasteiger partial charge in [0.2, 0.25) is 0 Å². The molecule has 1 aliphatic carbocycles. The van der Waals surface area contributed by atoms with Crippen molar-refractivity contribution < 1.29 is 23.8 Å². The van der Waals surface area contributed by atoms with Crippen molar-refractivity contribution in [2.24, 2.45) is 0 Å². The van der Waals surface area contributed by atoms with Gasteiger partial charge in [0.25, 0.3) is 0 Å². The van der Waals surface area contributed by atoms with Crippen molar-refractivity contribution in [2.45, 2.75) is 43.8 Å². The normalized spacial score (nSPS) is 26.2. The molecule has 0 amide bonds. The molecule has 0 radical (unpaired) electrons. The SMILES string of the molecule is COC(=O)C1=C(C(=O)OC)[C@]2(c3ccccc3)O[C@@]1(C)C1=C2CCc2ccccc2CC1. The first kappa shape index (κ1) is 20.7. The van der Waals surface area contributed by atoms with Crippen LogP contribution >= 0.6 is 0 Å². The summed E-state index contributed by atoms with van der Waals surface area (Å²) >= 11 is 0. The van der Waals surface area contributed by atoms with E-state index in [1.807, 2.05) is 37.3 Å². The molecule has 0 unspecified atom stereocenters. The zero-order chi connectivity index (χ0) is 22.5. The first-order chi connectivity index (χ1) is 15.5. The van der Waals surface area contributed by atoms with Gasteiger partial charge in [0.1, 0.15) is 11.2 Å². The van der Waals surface area contributed by atoms with E-state index in [-0.39, 0.29) is 11.1 Å². The number of aryl methyl sites for hydroxylation is 2. The molecule has 2 aromatic carbocycles. The molecule has 2 aromatic rings. The maximum absolute atomic E-state index is 13.2. The standard InChI is InChI=1S/C27H26O5/c1-26-20-15-13-17-9-7-8-10-18(17)14-16-21(20)27(32-26,19-11-5-4-6-12-19)23(25(29)31-3)22(26)24(28)30-2/h4-12H,13-16H2,1-3H3/t26-,27+/m0/s1.